The molecule has 2 aromatic rings. The van der Waals surface area contributed by atoms with Gasteiger partial charge >= 0.3 is 0 Å². The van der Waals surface area contributed by atoms with Gasteiger partial charge < -0.3 is 15.8 Å². The number of carbonyl (C=O) groups is 2. The van der Waals surface area contributed by atoms with E-state index in [0.29, 0.717) is 23.4 Å². The summed E-state index contributed by atoms with van der Waals surface area (Å²) in [5.74, 6) is -0.448. The summed E-state index contributed by atoms with van der Waals surface area (Å²) in [6.07, 6.45) is 2.05. The third kappa shape index (κ3) is 5.60. The second-order valence-corrected chi connectivity index (χ2v) is 8.66. The number of aliphatic imine (C=N–C) groups is 1. The normalized spacial score (nSPS) is 16.2. The highest BCUT2D eigenvalue weighted by molar-refractivity contribution is 7.90. The number of amides is 2. The number of benzene rings is 2. The van der Waals surface area contributed by atoms with E-state index < -0.39 is 22.0 Å². The quantitative estimate of drug-likeness (QED) is 0.541. The number of hydrogen-bond acceptors (Lipinski definition) is 6. The van der Waals surface area contributed by atoms with Gasteiger partial charge in [-0.2, -0.15) is 0 Å². The molecule has 31 heavy (non-hydrogen) atoms. The van der Waals surface area contributed by atoms with E-state index in [1.165, 1.54) is 6.07 Å². The fourth-order valence-electron chi connectivity index (χ4n) is 3.08. The van der Waals surface area contributed by atoms with Crippen molar-refractivity contribution in [2.24, 2.45) is 10.7 Å². The molecule has 10 heteroatoms. The third-order valence-electron chi connectivity index (χ3n) is 4.56. The van der Waals surface area contributed by atoms with Gasteiger partial charge in [0.2, 0.25) is 5.91 Å². The van der Waals surface area contributed by atoms with Gasteiger partial charge in [0.1, 0.15) is 17.6 Å². The minimum absolute atomic E-state index is 0.141. The van der Waals surface area contributed by atoms with E-state index in [1.807, 2.05) is 6.92 Å². The Morgan fingerprint density at radius 2 is 1.97 bits per heavy atom. The average Bonchev–Trinajstić information content (AvgIpc) is 3.00. The second kappa shape index (κ2) is 9.61. The number of primary amides is 1. The minimum Gasteiger partial charge on any atom is -0.484 e. The number of ether oxygens (including phenoxy) is 1. The van der Waals surface area contributed by atoms with E-state index in [2.05, 4.69) is 15.0 Å². The van der Waals surface area contributed by atoms with Crippen LogP contribution in [-0.2, 0) is 19.6 Å². The van der Waals surface area contributed by atoms with Crippen molar-refractivity contribution in [3.63, 3.8) is 0 Å². The molecule has 9 nitrogen and oxygen atoms in total. The number of hydrogen-bond donors (Lipinski definition) is 3. The van der Waals surface area contributed by atoms with Crippen molar-refractivity contribution in [3.05, 3.63) is 54.1 Å². The number of nitrogens with zero attached hydrogens (tertiary/aromatic N) is 1. The second-order valence-electron chi connectivity index (χ2n) is 7.01. The van der Waals surface area contributed by atoms with E-state index in [0.717, 1.165) is 12.8 Å². The number of carbonyl (C=O) groups excluding carboxylic acids is 2. The number of rotatable bonds is 9. The van der Waals surface area contributed by atoms with E-state index in [1.54, 1.807) is 42.5 Å². The molecule has 0 saturated carbocycles. The monoisotopic (exact) mass is 444 g/mol. The molecule has 0 aromatic heterocycles. The summed E-state index contributed by atoms with van der Waals surface area (Å²) in [5, 5.41) is 2.78. The average molecular weight is 445 g/mol. The zero-order chi connectivity index (χ0) is 22.4. The predicted molar refractivity (Wildman–Crippen MR) is 116 cm³/mol. The molecule has 0 bridgehead atoms. The summed E-state index contributed by atoms with van der Waals surface area (Å²) in [6, 6.07) is 12.3. The molecule has 1 unspecified atom stereocenters. The molecule has 2 aromatic carbocycles. The van der Waals surface area contributed by atoms with Gasteiger partial charge in [-0.1, -0.05) is 38.0 Å². The lowest BCUT2D eigenvalue weighted by molar-refractivity contribution is -0.120. The molecular weight excluding hydrogens is 420 g/mol. The van der Waals surface area contributed by atoms with Gasteiger partial charge in [-0.15, -0.1) is 0 Å². The van der Waals surface area contributed by atoms with Gasteiger partial charge in [-0.3, -0.25) is 19.3 Å². The Balaban J connectivity index is 1.82. The van der Waals surface area contributed by atoms with Crippen LogP contribution in [0.4, 0.5) is 5.69 Å². The highest BCUT2D eigenvalue weighted by Gasteiger charge is 2.31. The summed E-state index contributed by atoms with van der Waals surface area (Å²) >= 11 is 0. The molecule has 0 radical (unpaired) electrons. The zero-order valence-electron chi connectivity index (χ0n) is 17.0. The molecule has 4 N–H and O–H groups in total. The Morgan fingerprint density at radius 1 is 1.19 bits per heavy atom. The molecule has 1 aliphatic heterocycles. The molecule has 2 amide bonds. The van der Waals surface area contributed by atoms with Crippen LogP contribution in [0.5, 0.6) is 5.75 Å². The highest BCUT2D eigenvalue weighted by Crippen LogP contribution is 2.24. The van der Waals surface area contributed by atoms with Crippen molar-refractivity contribution in [2.75, 3.05) is 11.9 Å². The van der Waals surface area contributed by atoms with Crippen LogP contribution in [0.25, 0.3) is 0 Å². The molecule has 164 valence electrons. The summed E-state index contributed by atoms with van der Waals surface area (Å²) < 4.78 is 32.3. The van der Waals surface area contributed by atoms with E-state index in [4.69, 9.17) is 10.5 Å². The minimum atomic E-state index is -3.69. The standard InChI is InChI=1S/C21H24N4O5S/c1-2-3-10-17(24-20-16-9-4-5-11-18(16)31(28,29)25-20)21(27)23-14-7-6-8-15(12-14)30-13-19(22)26/h4-9,11-12,17H,2-3,10,13H2,1H3,(H2,22,26)(H,23,27)(H,24,25). The third-order valence-corrected chi connectivity index (χ3v) is 5.96. The summed E-state index contributed by atoms with van der Waals surface area (Å²) in [4.78, 5) is 28.4. The van der Waals surface area contributed by atoms with Gasteiger partial charge in [0.05, 0.1) is 4.90 Å². The lowest BCUT2D eigenvalue weighted by atomic mass is 10.1. The van der Waals surface area contributed by atoms with Crippen LogP contribution in [0.3, 0.4) is 0 Å². The van der Waals surface area contributed by atoms with Crippen molar-refractivity contribution < 1.29 is 22.7 Å². The van der Waals surface area contributed by atoms with Gasteiger partial charge in [-0.05, 0) is 30.7 Å². The largest absolute Gasteiger partial charge is 0.484 e. The van der Waals surface area contributed by atoms with Crippen LogP contribution in [-0.4, -0.2) is 38.7 Å². The Labute approximate surface area is 180 Å². The number of nitrogens with one attached hydrogen (secondary N) is 2. The van der Waals surface area contributed by atoms with Gasteiger partial charge in [0.25, 0.3) is 15.9 Å². The van der Waals surface area contributed by atoms with Crippen LogP contribution < -0.4 is 20.5 Å². The van der Waals surface area contributed by atoms with E-state index in [9.17, 15) is 18.0 Å². The van der Waals surface area contributed by atoms with E-state index >= 15 is 0 Å². The van der Waals surface area contributed by atoms with Gasteiger partial charge in [-0.25, -0.2) is 8.42 Å². The zero-order valence-corrected chi connectivity index (χ0v) is 17.8. The van der Waals surface area contributed by atoms with Gasteiger partial charge in [0, 0.05) is 17.3 Å². The first-order chi connectivity index (χ1) is 14.8. The number of fused-ring (bicyclic) bond motifs is 1. The smallest absolute Gasteiger partial charge is 0.263 e. The predicted octanol–water partition coefficient (Wildman–Crippen LogP) is 1.79. The number of unbranched alkanes of at least 4 members (excludes halogenated alkanes) is 1. The van der Waals surface area contributed by atoms with Crippen LogP contribution in [0, 0.1) is 0 Å². The Morgan fingerprint density at radius 3 is 2.71 bits per heavy atom. The lowest BCUT2D eigenvalue weighted by Crippen LogP contribution is -2.30. The summed E-state index contributed by atoms with van der Waals surface area (Å²) in [7, 11) is -3.69. The molecule has 0 fully saturated rings. The van der Waals surface area contributed by atoms with E-state index in [-0.39, 0.29) is 23.2 Å². The highest BCUT2D eigenvalue weighted by atomic mass is 32.2. The summed E-state index contributed by atoms with van der Waals surface area (Å²) in [6.45, 7) is 1.72. The lowest BCUT2D eigenvalue weighted by Gasteiger charge is -2.14. The fourth-order valence-corrected chi connectivity index (χ4v) is 4.32. The maximum absolute atomic E-state index is 12.9. The maximum Gasteiger partial charge on any atom is 0.263 e. The van der Waals surface area contributed by atoms with Crippen molar-refractivity contribution in [1.82, 2.24) is 4.72 Å². The number of nitrogens with two attached hydrogens (primary N) is 1. The summed E-state index contributed by atoms with van der Waals surface area (Å²) in [5.41, 5.74) is 5.98. The molecule has 0 spiro atoms. The first-order valence-corrected chi connectivity index (χ1v) is 11.3. The van der Waals surface area contributed by atoms with Crippen molar-refractivity contribution in [3.8, 4) is 5.75 Å². The van der Waals surface area contributed by atoms with Crippen molar-refractivity contribution >= 4 is 33.4 Å². The number of anilines is 1. The Hall–Kier alpha value is -3.40. The van der Waals surface area contributed by atoms with Gasteiger partial charge in [0.15, 0.2) is 6.61 Å². The molecule has 0 saturated heterocycles. The van der Waals surface area contributed by atoms with Crippen molar-refractivity contribution in [2.45, 2.75) is 37.1 Å². The molecular formula is C21H24N4O5S. The molecule has 0 aliphatic carbocycles. The van der Waals surface area contributed by atoms with Crippen LogP contribution >= 0.6 is 0 Å². The number of sulfonamides is 1. The fraction of sp³-hybridized carbons (Fsp3) is 0.286. The van der Waals surface area contributed by atoms with Crippen LogP contribution in [0.15, 0.2) is 58.4 Å². The Kier molecular flexibility index (Phi) is 6.91. The molecule has 1 aliphatic rings. The topological polar surface area (TPSA) is 140 Å². The van der Waals surface area contributed by atoms with Crippen molar-refractivity contribution in [1.29, 1.82) is 0 Å². The first kappa shape index (κ1) is 22.3. The maximum atomic E-state index is 12.9. The SMILES string of the molecule is CCCCC(N=C1NS(=O)(=O)c2ccccc21)C(=O)Nc1cccc(OCC(N)=O)c1. The van der Waals surface area contributed by atoms with Crippen LogP contribution in [0.2, 0.25) is 0 Å². The molecule has 1 atom stereocenters. The molecule has 1 heterocycles. The first-order valence-electron chi connectivity index (χ1n) is 9.82. The van der Waals surface area contributed by atoms with Crippen LogP contribution in [0.1, 0.15) is 31.7 Å². The molecule has 3 rings (SSSR count). The Bertz CT molecular complexity index is 1110. The number of amidine groups is 1.